The van der Waals surface area contributed by atoms with E-state index in [2.05, 4.69) is 10.3 Å². The number of rotatable bonds is 4. The topological polar surface area (TPSA) is 88.6 Å². The number of Topliss-reactive ketones (excluding diaryl/α,β-unsaturated/α-hetero) is 1. The molecule has 0 fully saturated rings. The summed E-state index contributed by atoms with van der Waals surface area (Å²) in [5.41, 5.74) is -0.348. The first-order valence-corrected chi connectivity index (χ1v) is 8.52. The minimum atomic E-state index is -4.54. The number of hydrogen-bond acceptors (Lipinski definition) is 5. The van der Waals surface area contributed by atoms with Crippen LogP contribution < -0.4 is 15.0 Å². The largest absolute Gasteiger partial charge is 0.479 e. The molecule has 0 bridgehead atoms. The number of ether oxygens (including phenoxy) is 1. The maximum Gasteiger partial charge on any atom is 0.417 e. The van der Waals surface area contributed by atoms with Gasteiger partial charge < -0.3 is 10.1 Å². The van der Waals surface area contributed by atoms with Crippen LogP contribution in [0.15, 0.2) is 36.5 Å². The van der Waals surface area contributed by atoms with E-state index in [1.165, 1.54) is 26.0 Å². The fourth-order valence-electron chi connectivity index (χ4n) is 2.75. The van der Waals surface area contributed by atoms with E-state index in [0.717, 1.165) is 17.0 Å². The van der Waals surface area contributed by atoms with Crippen LogP contribution in [0.1, 0.15) is 29.8 Å². The lowest BCUT2D eigenvalue weighted by Crippen LogP contribution is -2.47. The number of hydrogen-bond donors (Lipinski definition) is 1. The average molecular weight is 407 g/mol. The maximum absolute atomic E-state index is 12.6. The number of nitrogens with zero attached hydrogens (tertiary/aromatic N) is 2. The Labute approximate surface area is 163 Å². The lowest BCUT2D eigenvalue weighted by molar-refractivity contribution is -0.137. The minimum absolute atomic E-state index is 0.0885. The van der Waals surface area contributed by atoms with Gasteiger partial charge in [0, 0.05) is 11.8 Å². The lowest BCUT2D eigenvalue weighted by Gasteiger charge is -2.32. The van der Waals surface area contributed by atoms with Crippen LogP contribution >= 0.6 is 0 Å². The van der Waals surface area contributed by atoms with E-state index in [0.29, 0.717) is 17.5 Å². The number of carbonyl (C=O) groups is 3. The Hall–Kier alpha value is -3.43. The molecule has 1 atom stereocenters. The molecule has 1 aromatic carbocycles. The van der Waals surface area contributed by atoms with Gasteiger partial charge in [0.15, 0.2) is 11.9 Å². The number of nitrogens with one attached hydrogen (secondary N) is 1. The molecule has 10 heteroatoms. The van der Waals surface area contributed by atoms with Crippen LogP contribution in [0, 0.1) is 0 Å². The molecule has 1 N–H and O–H groups in total. The van der Waals surface area contributed by atoms with Crippen LogP contribution in [-0.4, -0.2) is 35.2 Å². The van der Waals surface area contributed by atoms with Crippen molar-refractivity contribution in [3.8, 4) is 5.75 Å². The third-order valence-corrected chi connectivity index (χ3v) is 4.23. The van der Waals surface area contributed by atoms with Crippen molar-refractivity contribution in [2.45, 2.75) is 26.1 Å². The quantitative estimate of drug-likeness (QED) is 0.787. The van der Waals surface area contributed by atoms with Crippen molar-refractivity contribution in [1.82, 2.24) is 4.98 Å². The van der Waals surface area contributed by atoms with E-state index in [1.807, 2.05) is 0 Å². The molecule has 2 amide bonds. The van der Waals surface area contributed by atoms with E-state index < -0.39 is 36.2 Å². The molecule has 1 aromatic heterocycles. The number of aromatic nitrogens is 1. The molecule has 0 radical (unpaired) electrons. The highest BCUT2D eigenvalue weighted by atomic mass is 19.4. The van der Waals surface area contributed by atoms with Gasteiger partial charge in [0.25, 0.3) is 5.91 Å². The van der Waals surface area contributed by atoms with Gasteiger partial charge in [-0.25, -0.2) is 4.98 Å². The summed E-state index contributed by atoms with van der Waals surface area (Å²) in [6.45, 7) is 2.46. The number of amides is 2. The SMILES string of the molecule is CC(=O)c1ccc2c(c1)N(CC(=O)Nc1ccc(C(F)(F)F)cn1)C(=O)C(C)O2. The molecule has 0 saturated carbocycles. The van der Waals surface area contributed by atoms with Crippen LogP contribution in [0.5, 0.6) is 5.75 Å². The number of pyridine rings is 1. The van der Waals surface area contributed by atoms with Gasteiger partial charge in [-0.2, -0.15) is 13.2 Å². The van der Waals surface area contributed by atoms with Crippen molar-refractivity contribution in [3.63, 3.8) is 0 Å². The van der Waals surface area contributed by atoms with Crippen LogP contribution in [0.2, 0.25) is 0 Å². The number of alkyl halides is 3. The summed E-state index contributed by atoms with van der Waals surface area (Å²) in [5.74, 6) is -1.14. The van der Waals surface area contributed by atoms with E-state index in [1.54, 1.807) is 6.07 Å². The third-order valence-electron chi connectivity index (χ3n) is 4.23. The summed E-state index contributed by atoms with van der Waals surface area (Å²) in [5, 5.41) is 2.35. The Bertz CT molecular complexity index is 974. The number of ketones is 1. The second-order valence-corrected chi connectivity index (χ2v) is 6.40. The van der Waals surface area contributed by atoms with Crippen molar-refractivity contribution in [2.24, 2.45) is 0 Å². The fourth-order valence-corrected chi connectivity index (χ4v) is 2.75. The third kappa shape index (κ3) is 4.36. The molecule has 0 spiro atoms. The highest BCUT2D eigenvalue weighted by molar-refractivity contribution is 6.07. The number of anilines is 2. The van der Waals surface area contributed by atoms with Gasteiger partial charge in [-0.15, -0.1) is 0 Å². The van der Waals surface area contributed by atoms with Gasteiger partial charge in [0.2, 0.25) is 5.91 Å². The molecule has 3 rings (SSSR count). The Kier molecular flexibility index (Phi) is 5.27. The van der Waals surface area contributed by atoms with E-state index >= 15 is 0 Å². The van der Waals surface area contributed by atoms with Gasteiger partial charge in [0.1, 0.15) is 18.1 Å². The smallest absolute Gasteiger partial charge is 0.417 e. The van der Waals surface area contributed by atoms with Crippen LogP contribution in [0.25, 0.3) is 0 Å². The van der Waals surface area contributed by atoms with Gasteiger partial charge in [0.05, 0.1) is 11.3 Å². The second kappa shape index (κ2) is 7.53. The van der Waals surface area contributed by atoms with Crippen molar-refractivity contribution >= 4 is 29.1 Å². The summed E-state index contributed by atoms with van der Waals surface area (Å²) >= 11 is 0. The Balaban J connectivity index is 1.80. The highest BCUT2D eigenvalue weighted by Crippen LogP contribution is 2.35. The normalized spacial score (nSPS) is 16.1. The highest BCUT2D eigenvalue weighted by Gasteiger charge is 2.33. The van der Waals surface area contributed by atoms with Crippen molar-refractivity contribution in [3.05, 3.63) is 47.7 Å². The Morgan fingerprint density at radius 1 is 1.24 bits per heavy atom. The van der Waals surface area contributed by atoms with Gasteiger partial charge in [-0.3, -0.25) is 19.3 Å². The monoisotopic (exact) mass is 407 g/mol. The van der Waals surface area contributed by atoms with Crippen LogP contribution in [0.4, 0.5) is 24.7 Å². The predicted molar refractivity (Wildman–Crippen MR) is 96.8 cm³/mol. The maximum atomic E-state index is 12.6. The molecular weight excluding hydrogens is 391 g/mol. The molecule has 7 nitrogen and oxygen atoms in total. The molecule has 2 heterocycles. The number of halogens is 3. The second-order valence-electron chi connectivity index (χ2n) is 6.40. The zero-order chi connectivity index (χ0) is 21.3. The Morgan fingerprint density at radius 3 is 2.55 bits per heavy atom. The van der Waals surface area contributed by atoms with Crippen LogP contribution in [0.3, 0.4) is 0 Å². The number of fused-ring (bicyclic) bond motifs is 1. The van der Waals surface area contributed by atoms with E-state index in [4.69, 9.17) is 4.74 Å². The van der Waals surface area contributed by atoms with Crippen LogP contribution in [-0.2, 0) is 15.8 Å². The molecule has 1 aliphatic heterocycles. The molecule has 0 aliphatic carbocycles. The molecule has 29 heavy (non-hydrogen) atoms. The first kappa shape index (κ1) is 20.3. The number of benzene rings is 1. The summed E-state index contributed by atoms with van der Waals surface area (Å²) < 4.78 is 43.3. The van der Waals surface area contributed by atoms with Crippen molar-refractivity contribution in [1.29, 1.82) is 0 Å². The fraction of sp³-hybridized carbons (Fsp3) is 0.263. The minimum Gasteiger partial charge on any atom is -0.479 e. The molecular formula is C19H16F3N3O4. The molecule has 1 aliphatic rings. The summed E-state index contributed by atoms with van der Waals surface area (Å²) in [7, 11) is 0. The van der Waals surface area contributed by atoms with E-state index in [9.17, 15) is 27.6 Å². The van der Waals surface area contributed by atoms with Gasteiger partial charge in [-0.1, -0.05) is 0 Å². The predicted octanol–water partition coefficient (Wildman–Crippen LogP) is 3.06. The average Bonchev–Trinajstić information content (AvgIpc) is 2.64. The first-order valence-electron chi connectivity index (χ1n) is 8.52. The summed E-state index contributed by atoms with van der Waals surface area (Å²) in [6, 6.07) is 6.35. The van der Waals surface area contributed by atoms with Crippen molar-refractivity contribution < 1.29 is 32.3 Å². The summed E-state index contributed by atoms with van der Waals surface area (Å²) in [6.07, 6.45) is -4.78. The molecule has 2 aromatic rings. The van der Waals surface area contributed by atoms with Gasteiger partial charge in [-0.05, 0) is 44.2 Å². The first-order chi connectivity index (χ1) is 13.6. The summed E-state index contributed by atoms with van der Waals surface area (Å²) in [4.78, 5) is 41.2. The van der Waals surface area contributed by atoms with E-state index in [-0.39, 0.29) is 17.3 Å². The number of carbonyl (C=O) groups excluding carboxylic acids is 3. The molecule has 152 valence electrons. The standard InChI is InChI=1S/C19H16F3N3O4/c1-10(26)12-3-5-15-14(7-12)25(18(28)11(2)29-15)9-17(27)24-16-6-4-13(8-23-16)19(20,21)22/h3-8,11H,9H2,1-2H3,(H,23,24,27). The Morgan fingerprint density at radius 2 is 1.97 bits per heavy atom. The van der Waals surface area contributed by atoms with Gasteiger partial charge >= 0.3 is 6.18 Å². The molecule has 1 unspecified atom stereocenters. The lowest BCUT2D eigenvalue weighted by atomic mass is 10.1. The zero-order valence-electron chi connectivity index (χ0n) is 15.4. The van der Waals surface area contributed by atoms with Crippen molar-refractivity contribution in [2.75, 3.05) is 16.8 Å². The zero-order valence-corrected chi connectivity index (χ0v) is 15.4. The molecule has 0 saturated heterocycles.